The number of aliphatic hydroxyl groups is 1. The largest absolute Gasteiger partial charge is 0.383 e. The van der Waals surface area contributed by atoms with Crippen LogP contribution >= 0.6 is 0 Å². The maximum atomic E-state index is 13.6. The molecule has 0 saturated heterocycles. The van der Waals surface area contributed by atoms with Gasteiger partial charge in [-0.05, 0) is 19.1 Å². The number of hydrogen-bond acceptors (Lipinski definition) is 1. The Morgan fingerprint density at radius 2 is 1.47 bits per heavy atom. The van der Waals surface area contributed by atoms with Crippen LogP contribution in [0.5, 0.6) is 0 Å². The minimum absolute atomic E-state index is 0.190. The number of aryl methyl sites for hydroxylation is 1. The summed E-state index contributed by atoms with van der Waals surface area (Å²) in [5, 5.41) is 9.92. The van der Waals surface area contributed by atoms with Gasteiger partial charge in [0.15, 0.2) is 17.5 Å². The monoisotopic (exact) mass is 270 g/mol. The lowest BCUT2D eigenvalue weighted by Crippen LogP contribution is -2.07. The zero-order valence-electron chi connectivity index (χ0n) is 9.92. The molecule has 1 N–H and O–H groups in total. The van der Waals surface area contributed by atoms with Crippen LogP contribution < -0.4 is 0 Å². The van der Waals surface area contributed by atoms with Crippen molar-refractivity contribution < 1.29 is 22.7 Å². The predicted molar refractivity (Wildman–Crippen MR) is 61.5 cm³/mol. The first-order chi connectivity index (χ1) is 8.91. The Balaban J connectivity index is 2.53. The first-order valence-electron chi connectivity index (χ1n) is 5.49. The summed E-state index contributed by atoms with van der Waals surface area (Å²) < 4.78 is 53.0. The maximum absolute atomic E-state index is 13.6. The molecule has 19 heavy (non-hydrogen) atoms. The standard InChI is InChI=1S/C14H10F4O/c1-7-2-4-10(15)9(6-7)14(19)8-3-5-11(16)13(18)12(8)17/h2-6,14,19H,1H3. The van der Waals surface area contributed by atoms with Gasteiger partial charge in [0.05, 0.1) is 0 Å². The number of halogens is 4. The fraction of sp³-hybridized carbons (Fsp3) is 0.143. The van der Waals surface area contributed by atoms with E-state index in [1.165, 1.54) is 12.1 Å². The zero-order valence-corrected chi connectivity index (χ0v) is 9.92. The highest BCUT2D eigenvalue weighted by molar-refractivity contribution is 5.34. The van der Waals surface area contributed by atoms with Gasteiger partial charge < -0.3 is 5.11 Å². The van der Waals surface area contributed by atoms with Crippen molar-refractivity contribution >= 4 is 0 Å². The zero-order chi connectivity index (χ0) is 14.2. The van der Waals surface area contributed by atoms with Crippen LogP contribution in [0.1, 0.15) is 22.8 Å². The summed E-state index contributed by atoms with van der Waals surface area (Å²) in [7, 11) is 0. The average Bonchev–Trinajstić information content (AvgIpc) is 2.38. The van der Waals surface area contributed by atoms with Gasteiger partial charge in [0.2, 0.25) is 0 Å². The number of benzene rings is 2. The SMILES string of the molecule is Cc1ccc(F)c(C(O)c2ccc(F)c(F)c2F)c1. The van der Waals surface area contributed by atoms with Crippen molar-refractivity contribution in [1.82, 2.24) is 0 Å². The van der Waals surface area contributed by atoms with E-state index in [0.717, 1.165) is 12.1 Å². The first-order valence-corrected chi connectivity index (χ1v) is 5.49. The second-order valence-electron chi connectivity index (χ2n) is 4.19. The molecule has 1 unspecified atom stereocenters. The van der Waals surface area contributed by atoms with Crippen molar-refractivity contribution in [2.75, 3.05) is 0 Å². The van der Waals surface area contributed by atoms with Gasteiger partial charge in [0, 0.05) is 11.1 Å². The summed E-state index contributed by atoms with van der Waals surface area (Å²) in [6.07, 6.45) is -1.70. The minimum Gasteiger partial charge on any atom is -0.383 e. The molecular weight excluding hydrogens is 260 g/mol. The van der Waals surface area contributed by atoms with E-state index in [1.54, 1.807) is 6.92 Å². The van der Waals surface area contributed by atoms with E-state index >= 15 is 0 Å². The van der Waals surface area contributed by atoms with E-state index in [-0.39, 0.29) is 5.56 Å². The summed E-state index contributed by atoms with van der Waals surface area (Å²) in [5.74, 6) is -5.32. The average molecular weight is 270 g/mol. The molecule has 2 aromatic rings. The van der Waals surface area contributed by atoms with Crippen molar-refractivity contribution in [3.63, 3.8) is 0 Å². The highest BCUT2D eigenvalue weighted by Crippen LogP contribution is 2.28. The molecule has 5 heteroatoms. The van der Waals surface area contributed by atoms with E-state index in [1.807, 2.05) is 0 Å². The molecule has 0 radical (unpaired) electrons. The Morgan fingerprint density at radius 3 is 2.16 bits per heavy atom. The van der Waals surface area contributed by atoms with Gasteiger partial charge in [-0.15, -0.1) is 0 Å². The molecule has 0 fully saturated rings. The summed E-state index contributed by atoms with van der Waals surface area (Å²) in [6.45, 7) is 1.66. The lowest BCUT2D eigenvalue weighted by molar-refractivity contribution is 0.207. The molecule has 0 heterocycles. The maximum Gasteiger partial charge on any atom is 0.194 e. The van der Waals surface area contributed by atoms with E-state index < -0.39 is 34.9 Å². The smallest absolute Gasteiger partial charge is 0.194 e. The lowest BCUT2D eigenvalue weighted by atomic mass is 9.99. The summed E-state index contributed by atoms with van der Waals surface area (Å²) in [5.41, 5.74) is -0.0493. The minimum atomic E-state index is -1.70. The Kier molecular flexibility index (Phi) is 3.57. The van der Waals surface area contributed by atoms with E-state index in [0.29, 0.717) is 11.6 Å². The third kappa shape index (κ3) is 2.46. The Bertz CT molecular complexity index is 625. The third-order valence-corrected chi connectivity index (χ3v) is 2.81. The van der Waals surface area contributed by atoms with E-state index in [4.69, 9.17) is 0 Å². The molecular formula is C14H10F4O. The van der Waals surface area contributed by atoms with Crippen molar-refractivity contribution in [1.29, 1.82) is 0 Å². The van der Waals surface area contributed by atoms with Gasteiger partial charge in [0.25, 0.3) is 0 Å². The molecule has 0 aliphatic carbocycles. The van der Waals surface area contributed by atoms with E-state index in [9.17, 15) is 22.7 Å². The van der Waals surface area contributed by atoms with Crippen molar-refractivity contribution in [3.8, 4) is 0 Å². The molecule has 1 atom stereocenters. The second kappa shape index (κ2) is 5.01. The van der Waals surface area contributed by atoms with Crippen molar-refractivity contribution in [2.45, 2.75) is 13.0 Å². The van der Waals surface area contributed by atoms with Gasteiger partial charge in [0.1, 0.15) is 11.9 Å². The molecule has 0 aliphatic heterocycles. The molecule has 0 spiro atoms. The number of rotatable bonds is 2. The molecule has 0 aliphatic rings. The molecule has 0 amide bonds. The molecule has 1 nitrogen and oxygen atoms in total. The topological polar surface area (TPSA) is 20.2 Å². The summed E-state index contributed by atoms with van der Waals surface area (Å²) >= 11 is 0. The molecule has 0 bridgehead atoms. The third-order valence-electron chi connectivity index (χ3n) is 2.81. The molecule has 2 rings (SSSR count). The second-order valence-corrected chi connectivity index (χ2v) is 4.19. The highest BCUT2D eigenvalue weighted by atomic mass is 19.2. The van der Waals surface area contributed by atoms with Gasteiger partial charge in [-0.3, -0.25) is 0 Å². The molecule has 0 saturated carbocycles. The van der Waals surface area contributed by atoms with Crippen LogP contribution in [0, 0.1) is 30.2 Å². The quantitative estimate of drug-likeness (QED) is 0.652. The van der Waals surface area contributed by atoms with Crippen LogP contribution in [0.3, 0.4) is 0 Å². The van der Waals surface area contributed by atoms with Crippen LogP contribution in [0.15, 0.2) is 30.3 Å². The van der Waals surface area contributed by atoms with Crippen LogP contribution in [0.4, 0.5) is 17.6 Å². The summed E-state index contributed by atoms with van der Waals surface area (Å²) in [6, 6.07) is 5.49. The van der Waals surface area contributed by atoms with E-state index in [2.05, 4.69) is 0 Å². The molecule has 2 aromatic carbocycles. The Hall–Kier alpha value is -1.88. The number of aliphatic hydroxyl groups excluding tert-OH is 1. The van der Waals surface area contributed by atoms with Gasteiger partial charge >= 0.3 is 0 Å². The van der Waals surface area contributed by atoms with Crippen LogP contribution in [-0.4, -0.2) is 5.11 Å². The summed E-state index contributed by atoms with van der Waals surface area (Å²) in [4.78, 5) is 0. The Morgan fingerprint density at radius 1 is 0.842 bits per heavy atom. The van der Waals surface area contributed by atoms with Crippen LogP contribution in [0.2, 0.25) is 0 Å². The van der Waals surface area contributed by atoms with Crippen LogP contribution in [0.25, 0.3) is 0 Å². The van der Waals surface area contributed by atoms with Crippen LogP contribution in [-0.2, 0) is 0 Å². The fourth-order valence-electron chi connectivity index (χ4n) is 1.79. The van der Waals surface area contributed by atoms with Gasteiger partial charge in [-0.1, -0.05) is 23.8 Å². The van der Waals surface area contributed by atoms with Crippen molar-refractivity contribution in [3.05, 3.63) is 70.3 Å². The fourth-order valence-corrected chi connectivity index (χ4v) is 1.79. The lowest BCUT2D eigenvalue weighted by Gasteiger charge is -2.14. The first kappa shape index (κ1) is 13.5. The molecule has 0 aromatic heterocycles. The van der Waals surface area contributed by atoms with Crippen molar-refractivity contribution in [2.24, 2.45) is 0 Å². The molecule has 100 valence electrons. The normalized spacial score (nSPS) is 12.5. The highest BCUT2D eigenvalue weighted by Gasteiger charge is 2.22. The van der Waals surface area contributed by atoms with Gasteiger partial charge in [-0.25, -0.2) is 17.6 Å². The Labute approximate surface area is 107 Å². The number of hydrogen-bond donors (Lipinski definition) is 1. The van der Waals surface area contributed by atoms with Gasteiger partial charge in [-0.2, -0.15) is 0 Å². The predicted octanol–water partition coefficient (Wildman–Crippen LogP) is 3.63.